The van der Waals surface area contributed by atoms with Crippen LogP contribution in [0.1, 0.15) is 32.6 Å². The van der Waals surface area contributed by atoms with Crippen LogP contribution in [-0.2, 0) is 8.85 Å². The van der Waals surface area contributed by atoms with Crippen LogP contribution in [0.2, 0.25) is 0 Å². The Hall–Kier alpha value is -1.49. The number of halogens is 1. The molecule has 0 saturated carbocycles. The second kappa shape index (κ2) is 10.4. The Kier molecular flexibility index (Phi) is 8.15. The van der Waals surface area contributed by atoms with Crippen molar-refractivity contribution in [2.45, 2.75) is 32.6 Å². The van der Waals surface area contributed by atoms with Crippen molar-refractivity contribution >= 4 is 18.9 Å². The lowest BCUT2D eigenvalue weighted by Crippen LogP contribution is -2.63. The van der Waals surface area contributed by atoms with Crippen molar-refractivity contribution in [1.82, 2.24) is 0 Å². The molecule has 0 aliphatic rings. The van der Waals surface area contributed by atoms with E-state index in [2.05, 4.69) is 6.92 Å². The summed E-state index contributed by atoms with van der Waals surface area (Å²) in [5.41, 5.74) is 0. The summed E-state index contributed by atoms with van der Waals surface area (Å²) in [5, 5.41) is 2.06. The van der Waals surface area contributed by atoms with Crippen molar-refractivity contribution in [3.63, 3.8) is 0 Å². The number of hydrogen-bond acceptors (Lipinski definition) is 2. The van der Waals surface area contributed by atoms with E-state index in [4.69, 9.17) is 8.85 Å². The Bertz CT molecular complexity index is 523. The molecule has 130 valence electrons. The molecule has 2 aromatic carbocycles. The molecule has 0 amide bonds. The third-order valence-electron chi connectivity index (χ3n) is 3.99. The van der Waals surface area contributed by atoms with Crippen LogP contribution in [0.3, 0.4) is 0 Å². The van der Waals surface area contributed by atoms with Gasteiger partial charge in [-0.3, -0.25) is 0 Å². The zero-order chi connectivity index (χ0) is 17.1. The van der Waals surface area contributed by atoms with E-state index in [1.54, 1.807) is 0 Å². The zero-order valence-corrected chi connectivity index (χ0v) is 15.4. The summed E-state index contributed by atoms with van der Waals surface area (Å²) >= 11 is 0. The predicted molar refractivity (Wildman–Crippen MR) is 99.9 cm³/mol. The number of alkyl halides is 1. The van der Waals surface area contributed by atoms with E-state index in [1.807, 2.05) is 60.7 Å². The molecule has 0 heterocycles. The summed E-state index contributed by atoms with van der Waals surface area (Å²) in [6.45, 7) is 2.39. The third-order valence-corrected chi connectivity index (χ3v) is 7.40. The summed E-state index contributed by atoms with van der Waals surface area (Å²) in [6.07, 6.45) is 4.55. The Morgan fingerprint density at radius 1 is 0.750 bits per heavy atom. The van der Waals surface area contributed by atoms with Gasteiger partial charge in [-0.1, -0.05) is 86.8 Å². The number of rotatable bonds is 11. The van der Waals surface area contributed by atoms with E-state index in [1.165, 1.54) is 12.8 Å². The fourth-order valence-electron chi connectivity index (χ4n) is 2.78. The summed E-state index contributed by atoms with van der Waals surface area (Å²) in [7, 11) is -2.87. The molecule has 0 aliphatic carbocycles. The van der Waals surface area contributed by atoms with Crippen molar-refractivity contribution in [3.05, 3.63) is 60.7 Å². The third kappa shape index (κ3) is 5.00. The first kappa shape index (κ1) is 18.8. The van der Waals surface area contributed by atoms with Gasteiger partial charge >= 0.3 is 8.56 Å². The minimum absolute atomic E-state index is 0.0605. The van der Waals surface area contributed by atoms with Gasteiger partial charge in [0.1, 0.15) is 6.67 Å². The van der Waals surface area contributed by atoms with Gasteiger partial charge in [0.05, 0.1) is 6.61 Å². The maximum Gasteiger partial charge on any atom is 0.407 e. The molecule has 2 rings (SSSR count). The van der Waals surface area contributed by atoms with Gasteiger partial charge in [0, 0.05) is 6.61 Å². The highest BCUT2D eigenvalue weighted by Gasteiger charge is 2.42. The fourth-order valence-corrected chi connectivity index (χ4v) is 5.93. The fraction of sp³-hybridized carbons (Fsp3) is 0.400. The van der Waals surface area contributed by atoms with Gasteiger partial charge in [-0.05, 0) is 16.8 Å². The summed E-state index contributed by atoms with van der Waals surface area (Å²) in [6, 6.07) is 20.0. The highest BCUT2D eigenvalue weighted by molar-refractivity contribution is 6.92. The van der Waals surface area contributed by atoms with Gasteiger partial charge in [-0.25, -0.2) is 4.39 Å². The van der Waals surface area contributed by atoms with Crippen molar-refractivity contribution in [2.24, 2.45) is 0 Å². The van der Waals surface area contributed by atoms with Crippen LogP contribution in [0.4, 0.5) is 4.39 Å². The normalized spacial score (nSPS) is 11.6. The summed E-state index contributed by atoms with van der Waals surface area (Å²) in [4.78, 5) is 0. The topological polar surface area (TPSA) is 18.5 Å². The van der Waals surface area contributed by atoms with Crippen molar-refractivity contribution < 1.29 is 13.2 Å². The molecule has 0 N–H and O–H groups in total. The lowest BCUT2D eigenvalue weighted by atomic mass is 10.2. The van der Waals surface area contributed by atoms with Crippen molar-refractivity contribution in [1.29, 1.82) is 0 Å². The van der Waals surface area contributed by atoms with Crippen LogP contribution in [-0.4, -0.2) is 28.4 Å². The molecule has 0 bridgehead atoms. The van der Waals surface area contributed by atoms with Gasteiger partial charge < -0.3 is 8.85 Å². The first-order valence-electron chi connectivity index (χ1n) is 8.78. The molecule has 0 aromatic heterocycles. The van der Waals surface area contributed by atoms with Crippen LogP contribution in [0.25, 0.3) is 0 Å². The summed E-state index contributed by atoms with van der Waals surface area (Å²) < 4.78 is 25.4. The standard InChI is InChI=1S/C20H27FO2Si/c1-2-3-4-11-17-22-24(23-18-16-21,19-12-7-5-8-13-19)20-14-9-6-10-15-20/h5-10,12-15H,2-4,11,16-18H2,1H3. The molecular weight excluding hydrogens is 319 g/mol. The van der Waals surface area contributed by atoms with Gasteiger partial charge in [0.15, 0.2) is 0 Å². The Morgan fingerprint density at radius 2 is 1.29 bits per heavy atom. The smallest absolute Gasteiger partial charge is 0.388 e. The van der Waals surface area contributed by atoms with Gasteiger partial charge in [0.2, 0.25) is 0 Å². The molecule has 4 heteroatoms. The maximum absolute atomic E-state index is 12.9. The van der Waals surface area contributed by atoms with E-state index in [0.29, 0.717) is 6.61 Å². The number of hydrogen-bond donors (Lipinski definition) is 0. The molecule has 2 nitrogen and oxygen atoms in total. The monoisotopic (exact) mass is 346 g/mol. The highest BCUT2D eigenvalue weighted by atomic mass is 28.4. The van der Waals surface area contributed by atoms with Gasteiger partial charge in [0.25, 0.3) is 0 Å². The van der Waals surface area contributed by atoms with Gasteiger partial charge in [-0.15, -0.1) is 0 Å². The van der Waals surface area contributed by atoms with Crippen LogP contribution in [0, 0.1) is 0 Å². The number of benzene rings is 2. The van der Waals surface area contributed by atoms with Crippen LogP contribution < -0.4 is 10.4 Å². The maximum atomic E-state index is 12.9. The van der Waals surface area contributed by atoms with Crippen LogP contribution in [0.5, 0.6) is 0 Å². The van der Waals surface area contributed by atoms with Gasteiger partial charge in [-0.2, -0.15) is 0 Å². The minimum atomic E-state index is -2.87. The van der Waals surface area contributed by atoms with Crippen LogP contribution in [0.15, 0.2) is 60.7 Å². The molecule has 0 atom stereocenters. The van der Waals surface area contributed by atoms with Crippen molar-refractivity contribution in [3.8, 4) is 0 Å². The highest BCUT2D eigenvalue weighted by Crippen LogP contribution is 2.12. The average Bonchev–Trinajstić information content (AvgIpc) is 2.66. The largest absolute Gasteiger partial charge is 0.407 e. The lowest BCUT2D eigenvalue weighted by Gasteiger charge is -2.31. The average molecular weight is 347 g/mol. The quantitative estimate of drug-likeness (QED) is 0.455. The molecule has 0 spiro atoms. The minimum Gasteiger partial charge on any atom is -0.388 e. The van der Waals surface area contributed by atoms with E-state index >= 15 is 0 Å². The lowest BCUT2D eigenvalue weighted by molar-refractivity contribution is 0.175. The molecule has 0 radical (unpaired) electrons. The van der Waals surface area contributed by atoms with Crippen molar-refractivity contribution in [2.75, 3.05) is 19.9 Å². The molecule has 2 aromatic rings. The predicted octanol–water partition coefficient (Wildman–Crippen LogP) is 3.83. The Labute approximate surface area is 145 Å². The molecule has 24 heavy (non-hydrogen) atoms. The first-order chi connectivity index (χ1) is 11.8. The molecular formula is C20H27FO2Si. The molecule has 0 saturated heterocycles. The molecule has 0 aliphatic heterocycles. The Morgan fingerprint density at radius 3 is 1.79 bits per heavy atom. The van der Waals surface area contributed by atoms with E-state index in [9.17, 15) is 4.39 Å². The second-order valence-electron chi connectivity index (χ2n) is 5.80. The van der Waals surface area contributed by atoms with Crippen LogP contribution >= 0.6 is 0 Å². The molecule has 0 fully saturated rings. The second-order valence-corrected chi connectivity index (χ2v) is 8.76. The van der Waals surface area contributed by atoms with E-state index in [0.717, 1.165) is 23.2 Å². The molecule has 0 unspecified atom stereocenters. The number of unbranched alkanes of at least 4 members (excludes halogenated alkanes) is 3. The first-order valence-corrected chi connectivity index (χ1v) is 10.6. The van der Waals surface area contributed by atoms with E-state index in [-0.39, 0.29) is 6.61 Å². The summed E-state index contributed by atoms with van der Waals surface area (Å²) in [5.74, 6) is 0. The SMILES string of the molecule is CCCCCCO[Si](OCCF)(c1ccccc1)c1ccccc1. The Balaban J connectivity index is 2.29. The van der Waals surface area contributed by atoms with E-state index < -0.39 is 15.2 Å². The zero-order valence-electron chi connectivity index (χ0n) is 14.4.